The average Bonchev–Trinajstić information content (AvgIpc) is 2.79. The highest BCUT2D eigenvalue weighted by Crippen LogP contribution is 2.34. The van der Waals surface area contributed by atoms with Gasteiger partial charge in [0.1, 0.15) is 17.4 Å². The normalized spacial score (nSPS) is 13.2. The molecule has 0 fully saturated rings. The van der Waals surface area contributed by atoms with Crippen molar-refractivity contribution >= 4 is 39.5 Å². The number of hydrogen-bond donors (Lipinski definition) is 4. The van der Waals surface area contributed by atoms with Crippen molar-refractivity contribution < 1.29 is 19.7 Å². The third-order valence-electron chi connectivity index (χ3n) is 5.42. The highest BCUT2D eigenvalue weighted by molar-refractivity contribution is 5.88. The molecule has 2 atom stereocenters. The number of nitrogens with zero attached hydrogens (tertiary/aromatic N) is 4. The number of aromatic nitrogens is 4. The fourth-order valence-corrected chi connectivity index (χ4v) is 3.88. The van der Waals surface area contributed by atoms with Gasteiger partial charge in [0.05, 0.1) is 12.0 Å². The summed E-state index contributed by atoms with van der Waals surface area (Å²) in [4.78, 5) is 28.4. The van der Waals surface area contributed by atoms with Gasteiger partial charge in [-0.1, -0.05) is 30.3 Å². The monoisotopic (exact) mass is 448 g/mol. The molecular formula is C23H24N6O4. The molecule has 2 heterocycles. The zero-order valence-electron chi connectivity index (χ0n) is 18.0. The van der Waals surface area contributed by atoms with Gasteiger partial charge >= 0.3 is 5.97 Å². The van der Waals surface area contributed by atoms with Crippen molar-refractivity contribution in [1.82, 2.24) is 19.9 Å². The second-order valence-electron chi connectivity index (χ2n) is 7.62. The Bertz CT molecular complexity index is 1330. The summed E-state index contributed by atoms with van der Waals surface area (Å²) >= 11 is 0. The molecule has 0 saturated heterocycles. The molecule has 33 heavy (non-hydrogen) atoms. The van der Waals surface area contributed by atoms with Gasteiger partial charge in [0, 0.05) is 17.7 Å². The van der Waals surface area contributed by atoms with Crippen LogP contribution in [0.1, 0.15) is 30.7 Å². The van der Waals surface area contributed by atoms with Crippen LogP contribution in [0, 0.1) is 0 Å². The van der Waals surface area contributed by atoms with Crippen LogP contribution in [0.5, 0.6) is 5.75 Å². The molecule has 2 aromatic carbocycles. The van der Waals surface area contributed by atoms with Crippen LogP contribution in [0.2, 0.25) is 0 Å². The number of nitrogen functional groups attached to an aromatic ring is 2. The van der Waals surface area contributed by atoms with E-state index in [9.17, 15) is 15.0 Å². The smallest absolute Gasteiger partial charge is 0.332 e. The highest BCUT2D eigenvalue weighted by Gasteiger charge is 2.26. The maximum atomic E-state index is 11.4. The quantitative estimate of drug-likeness (QED) is 0.313. The summed E-state index contributed by atoms with van der Waals surface area (Å²) in [6.07, 6.45) is 0.119. The number of aliphatic hydroxyl groups excluding tert-OH is 1. The molecular weight excluding hydrogens is 424 g/mol. The molecule has 0 aliphatic rings. The van der Waals surface area contributed by atoms with Crippen LogP contribution in [0.3, 0.4) is 0 Å². The first kappa shape index (κ1) is 22.2. The van der Waals surface area contributed by atoms with Crippen molar-refractivity contribution in [1.29, 1.82) is 0 Å². The van der Waals surface area contributed by atoms with Gasteiger partial charge in [-0.05, 0) is 36.6 Å². The molecule has 10 heteroatoms. The molecule has 4 rings (SSSR count). The van der Waals surface area contributed by atoms with E-state index in [1.807, 2.05) is 43.3 Å². The number of carboxylic acids is 1. The molecule has 4 aromatic rings. The van der Waals surface area contributed by atoms with Crippen molar-refractivity contribution in [2.75, 3.05) is 18.1 Å². The number of anilines is 2. The van der Waals surface area contributed by atoms with Gasteiger partial charge in [-0.15, -0.1) is 0 Å². The van der Waals surface area contributed by atoms with E-state index in [1.54, 1.807) is 0 Å². The molecule has 0 aliphatic heterocycles. The number of fused-ring (bicyclic) bond motifs is 2. The van der Waals surface area contributed by atoms with E-state index in [2.05, 4.69) is 19.9 Å². The lowest BCUT2D eigenvalue weighted by Gasteiger charge is -2.21. The molecule has 2 aromatic heterocycles. The third-order valence-corrected chi connectivity index (χ3v) is 5.42. The number of carboxylic acid groups (broad SMARTS) is 1. The molecule has 0 saturated carbocycles. The lowest BCUT2D eigenvalue weighted by atomic mass is 9.89. The molecule has 2 unspecified atom stereocenters. The minimum atomic E-state index is -1.60. The van der Waals surface area contributed by atoms with Crippen LogP contribution in [-0.4, -0.2) is 48.8 Å². The lowest BCUT2D eigenvalue weighted by molar-refractivity contribution is -0.147. The Kier molecular flexibility index (Phi) is 6.18. The topological polar surface area (TPSA) is 170 Å². The Morgan fingerprint density at radius 2 is 1.88 bits per heavy atom. The summed E-state index contributed by atoms with van der Waals surface area (Å²) in [5, 5.41) is 21.9. The Labute approximate surface area is 189 Å². The number of carbonyl (C=O) groups is 1. The van der Waals surface area contributed by atoms with E-state index in [4.69, 9.17) is 16.2 Å². The molecule has 170 valence electrons. The Balaban J connectivity index is 1.83. The summed E-state index contributed by atoms with van der Waals surface area (Å²) in [5.74, 6) is -0.751. The third kappa shape index (κ3) is 4.60. The van der Waals surface area contributed by atoms with Crippen molar-refractivity contribution in [2.45, 2.75) is 31.8 Å². The highest BCUT2D eigenvalue weighted by atomic mass is 16.5. The van der Waals surface area contributed by atoms with E-state index in [-0.39, 0.29) is 23.8 Å². The number of aliphatic carboxylic acids is 1. The Hall–Kier alpha value is -4.05. The minimum Gasteiger partial charge on any atom is -0.494 e. The van der Waals surface area contributed by atoms with E-state index in [0.717, 1.165) is 16.3 Å². The van der Waals surface area contributed by atoms with Crippen LogP contribution < -0.4 is 16.2 Å². The number of ether oxygens (including phenoxy) is 1. The number of rotatable bonds is 8. The van der Waals surface area contributed by atoms with Gasteiger partial charge in [0.25, 0.3) is 0 Å². The second kappa shape index (κ2) is 9.21. The van der Waals surface area contributed by atoms with Crippen LogP contribution in [0.25, 0.3) is 21.8 Å². The van der Waals surface area contributed by atoms with Crippen molar-refractivity contribution in [3.8, 4) is 5.75 Å². The number of hydrogen-bond acceptors (Lipinski definition) is 9. The summed E-state index contributed by atoms with van der Waals surface area (Å²) in [7, 11) is 0. The van der Waals surface area contributed by atoms with Gasteiger partial charge in [-0.3, -0.25) is 0 Å². The van der Waals surface area contributed by atoms with Gasteiger partial charge in [-0.25, -0.2) is 14.8 Å². The molecule has 0 aliphatic carbocycles. The summed E-state index contributed by atoms with van der Waals surface area (Å²) in [6, 6.07) is 11.7. The van der Waals surface area contributed by atoms with E-state index >= 15 is 0 Å². The van der Waals surface area contributed by atoms with Crippen molar-refractivity contribution in [3.63, 3.8) is 0 Å². The predicted molar refractivity (Wildman–Crippen MR) is 124 cm³/mol. The van der Waals surface area contributed by atoms with E-state index in [1.165, 1.54) is 6.20 Å². The van der Waals surface area contributed by atoms with Crippen LogP contribution in [0.15, 0.2) is 42.6 Å². The number of aliphatic hydroxyl groups is 1. The Morgan fingerprint density at radius 1 is 1.09 bits per heavy atom. The number of benzene rings is 2. The fraction of sp³-hybridized carbons (Fsp3) is 0.261. The molecule has 6 N–H and O–H groups in total. The maximum absolute atomic E-state index is 11.4. The van der Waals surface area contributed by atoms with Gasteiger partial charge in [-0.2, -0.15) is 9.97 Å². The molecule has 0 radical (unpaired) electrons. The second-order valence-corrected chi connectivity index (χ2v) is 7.62. The number of nitrogens with two attached hydrogens (primary N) is 2. The first-order chi connectivity index (χ1) is 15.9. The summed E-state index contributed by atoms with van der Waals surface area (Å²) in [5.41, 5.74) is 12.7. The molecule has 0 amide bonds. The fourth-order valence-electron chi connectivity index (χ4n) is 3.88. The molecule has 10 nitrogen and oxygen atoms in total. The van der Waals surface area contributed by atoms with Crippen molar-refractivity contribution in [2.24, 2.45) is 0 Å². The van der Waals surface area contributed by atoms with Crippen LogP contribution >= 0.6 is 0 Å². The average molecular weight is 448 g/mol. The van der Waals surface area contributed by atoms with Gasteiger partial charge in [0.15, 0.2) is 11.8 Å². The molecule has 0 bridgehead atoms. The molecule has 0 spiro atoms. The SMILES string of the molecule is CCOc1ccc2ccccc2c1CC(CC(O)C(=O)O)c1ncc2c(N)nc(N)nc2n1. The first-order valence-corrected chi connectivity index (χ1v) is 10.5. The Morgan fingerprint density at radius 3 is 2.64 bits per heavy atom. The summed E-state index contributed by atoms with van der Waals surface area (Å²) in [6.45, 7) is 2.36. The predicted octanol–water partition coefficient (Wildman–Crippen LogP) is 2.30. The maximum Gasteiger partial charge on any atom is 0.332 e. The zero-order chi connectivity index (χ0) is 23.5. The van der Waals surface area contributed by atoms with E-state index < -0.39 is 18.0 Å². The first-order valence-electron chi connectivity index (χ1n) is 10.5. The lowest BCUT2D eigenvalue weighted by Crippen LogP contribution is -2.24. The van der Waals surface area contributed by atoms with E-state index in [0.29, 0.717) is 30.0 Å². The summed E-state index contributed by atoms with van der Waals surface area (Å²) < 4.78 is 5.86. The van der Waals surface area contributed by atoms with Crippen LogP contribution in [0.4, 0.5) is 11.8 Å². The zero-order valence-corrected chi connectivity index (χ0v) is 18.0. The standard InChI is InChI=1S/C23H24N6O4/c1-2-33-18-8-7-12-5-3-4-6-14(12)15(18)9-13(10-17(30)22(31)32)20-26-11-16-19(24)27-23(25)29-21(16)28-20/h3-8,11,13,17,30H,2,9-10H2,1H3,(H,31,32)(H4,24,25,26,27,28,29). The van der Waals surface area contributed by atoms with Gasteiger partial charge < -0.3 is 26.4 Å². The largest absolute Gasteiger partial charge is 0.494 e. The van der Waals surface area contributed by atoms with Crippen LogP contribution in [-0.2, 0) is 11.2 Å². The minimum absolute atomic E-state index is 0.0283. The van der Waals surface area contributed by atoms with Crippen molar-refractivity contribution in [3.05, 3.63) is 54.0 Å². The van der Waals surface area contributed by atoms with Gasteiger partial charge in [0.2, 0.25) is 5.95 Å².